The molecule has 1 aliphatic heterocycles. The van der Waals surface area contributed by atoms with Crippen molar-refractivity contribution in [3.8, 4) is 0 Å². The minimum absolute atomic E-state index is 0.0447. The van der Waals surface area contributed by atoms with Crippen LogP contribution in [0.4, 0.5) is 0 Å². The van der Waals surface area contributed by atoms with E-state index in [-0.39, 0.29) is 17.8 Å². The number of carbonyl (C=O) groups excluding carboxylic acids is 2. The predicted molar refractivity (Wildman–Crippen MR) is 108 cm³/mol. The Bertz CT molecular complexity index is 1010. The summed E-state index contributed by atoms with van der Waals surface area (Å²) >= 11 is 0. The number of rotatable bonds is 5. The molecule has 1 aliphatic rings. The van der Waals surface area contributed by atoms with Crippen molar-refractivity contribution in [3.05, 3.63) is 59.7 Å². The molecule has 3 aromatic rings. The van der Waals surface area contributed by atoms with Gasteiger partial charge in [-0.3, -0.25) is 9.59 Å². The first-order valence-corrected chi connectivity index (χ1v) is 9.99. The Morgan fingerprint density at radius 2 is 1.93 bits per heavy atom. The Morgan fingerprint density at radius 1 is 1.14 bits per heavy atom. The Morgan fingerprint density at radius 3 is 2.72 bits per heavy atom. The van der Waals surface area contributed by atoms with Gasteiger partial charge in [-0.05, 0) is 49.6 Å². The smallest absolute Gasteiger partial charge is 0.310 e. The van der Waals surface area contributed by atoms with E-state index >= 15 is 0 Å². The number of hydrogen-bond acceptors (Lipinski definition) is 5. The highest BCUT2D eigenvalue weighted by molar-refractivity contribution is 5.94. The number of benzene rings is 2. The Kier molecular flexibility index (Phi) is 5.55. The van der Waals surface area contributed by atoms with Crippen LogP contribution in [0, 0.1) is 5.92 Å². The third-order valence-electron chi connectivity index (χ3n) is 5.28. The van der Waals surface area contributed by atoms with Gasteiger partial charge < -0.3 is 9.64 Å². The minimum Gasteiger partial charge on any atom is -0.466 e. The fourth-order valence-corrected chi connectivity index (χ4v) is 3.76. The van der Waals surface area contributed by atoms with Crippen molar-refractivity contribution >= 4 is 22.9 Å². The molecule has 1 aromatic heterocycles. The van der Waals surface area contributed by atoms with Crippen LogP contribution < -0.4 is 0 Å². The summed E-state index contributed by atoms with van der Waals surface area (Å²) in [7, 11) is 0. The van der Waals surface area contributed by atoms with Gasteiger partial charge in [0.1, 0.15) is 5.52 Å². The van der Waals surface area contributed by atoms with E-state index in [1.807, 2.05) is 53.2 Å². The lowest BCUT2D eigenvalue weighted by molar-refractivity contribution is -0.149. The number of esters is 1. The van der Waals surface area contributed by atoms with E-state index in [2.05, 4.69) is 10.3 Å². The van der Waals surface area contributed by atoms with Gasteiger partial charge >= 0.3 is 5.97 Å². The number of nitrogens with zero attached hydrogens (tertiary/aromatic N) is 4. The van der Waals surface area contributed by atoms with E-state index in [0.29, 0.717) is 31.8 Å². The normalized spacial score (nSPS) is 16.7. The number of carbonyl (C=O) groups is 2. The van der Waals surface area contributed by atoms with Gasteiger partial charge in [-0.2, -0.15) is 0 Å². The molecule has 4 rings (SSSR count). The number of hydrogen-bond donors (Lipinski definition) is 0. The number of likely N-dealkylation sites (tertiary alicyclic amines) is 1. The number of para-hydroxylation sites is 1. The van der Waals surface area contributed by atoms with E-state index in [9.17, 15) is 9.59 Å². The lowest BCUT2D eigenvalue weighted by Gasteiger charge is -2.31. The lowest BCUT2D eigenvalue weighted by atomic mass is 9.97. The van der Waals surface area contributed by atoms with Gasteiger partial charge in [0.15, 0.2) is 0 Å². The van der Waals surface area contributed by atoms with Gasteiger partial charge in [-0.25, -0.2) is 4.68 Å². The molecule has 1 saturated heterocycles. The molecule has 0 N–H and O–H groups in total. The third kappa shape index (κ3) is 4.13. The zero-order valence-electron chi connectivity index (χ0n) is 16.5. The molecule has 7 heteroatoms. The Labute approximate surface area is 169 Å². The molecule has 1 unspecified atom stereocenters. The van der Waals surface area contributed by atoms with Gasteiger partial charge in [-0.15, -0.1) is 5.10 Å². The predicted octanol–water partition coefficient (Wildman–Crippen LogP) is 2.89. The first-order chi connectivity index (χ1) is 14.2. The summed E-state index contributed by atoms with van der Waals surface area (Å²) in [5.41, 5.74) is 3.51. The summed E-state index contributed by atoms with van der Waals surface area (Å²) in [5.74, 6) is -0.482. The van der Waals surface area contributed by atoms with Crippen LogP contribution in [0.25, 0.3) is 11.0 Å². The van der Waals surface area contributed by atoms with Crippen LogP contribution in [-0.4, -0.2) is 51.5 Å². The van der Waals surface area contributed by atoms with Crippen molar-refractivity contribution in [2.75, 3.05) is 19.7 Å². The molecule has 150 valence electrons. The maximum absolute atomic E-state index is 12.9. The number of fused-ring (bicyclic) bond motifs is 1. The zero-order chi connectivity index (χ0) is 20.2. The van der Waals surface area contributed by atoms with Crippen LogP contribution in [-0.2, 0) is 16.1 Å². The van der Waals surface area contributed by atoms with Crippen molar-refractivity contribution in [2.24, 2.45) is 5.92 Å². The van der Waals surface area contributed by atoms with E-state index in [1.54, 1.807) is 11.8 Å². The Balaban J connectivity index is 1.43. The quantitative estimate of drug-likeness (QED) is 0.624. The van der Waals surface area contributed by atoms with Crippen LogP contribution in [0.1, 0.15) is 35.7 Å². The maximum Gasteiger partial charge on any atom is 0.310 e. The van der Waals surface area contributed by atoms with E-state index < -0.39 is 0 Å². The molecular weight excluding hydrogens is 368 g/mol. The number of amides is 1. The summed E-state index contributed by atoms with van der Waals surface area (Å²) in [5, 5.41) is 8.38. The molecular formula is C22H24N4O3. The fraction of sp³-hybridized carbons (Fsp3) is 0.364. The topological polar surface area (TPSA) is 77.3 Å². The van der Waals surface area contributed by atoms with Gasteiger partial charge in [0.2, 0.25) is 0 Å². The summed E-state index contributed by atoms with van der Waals surface area (Å²) in [6, 6.07) is 15.4. The van der Waals surface area contributed by atoms with Crippen molar-refractivity contribution in [1.82, 2.24) is 19.9 Å². The first kappa shape index (κ1) is 19.1. The SMILES string of the molecule is CCOC(=O)C1CCCN(C(=O)c2ccc(Cn3nnc4ccccc43)cc2)C1. The molecule has 1 amide bonds. The molecule has 2 aromatic carbocycles. The average molecular weight is 392 g/mol. The first-order valence-electron chi connectivity index (χ1n) is 9.99. The standard InChI is InChI=1S/C22H24N4O3/c1-2-29-22(28)18-6-5-13-25(15-18)21(27)17-11-9-16(10-12-17)14-26-20-8-4-3-7-19(20)23-24-26/h3-4,7-12,18H,2,5-6,13-15H2,1H3. The largest absolute Gasteiger partial charge is 0.466 e. The molecule has 29 heavy (non-hydrogen) atoms. The Hall–Kier alpha value is -3.22. The highest BCUT2D eigenvalue weighted by atomic mass is 16.5. The average Bonchev–Trinajstić information content (AvgIpc) is 3.17. The third-order valence-corrected chi connectivity index (χ3v) is 5.28. The number of ether oxygens (including phenoxy) is 1. The molecule has 0 aliphatic carbocycles. The van der Waals surface area contributed by atoms with Crippen LogP contribution in [0.2, 0.25) is 0 Å². The van der Waals surface area contributed by atoms with Crippen LogP contribution in [0.3, 0.4) is 0 Å². The van der Waals surface area contributed by atoms with Crippen molar-refractivity contribution in [2.45, 2.75) is 26.3 Å². The zero-order valence-corrected chi connectivity index (χ0v) is 16.5. The molecule has 1 atom stereocenters. The summed E-state index contributed by atoms with van der Waals surface area (Å²) in [6.07, 6.45) is 1.58. The second kappa shape index (κ2) is 8.43. The number of aromatic nitrogens is 3. The van der Waals surface area contributed by atoms with Gasteiger partial charge in [0.25, 0.3) is 5.91 Å². The van der Waals surface area contributed by atoms with Crippen molar-refractivity contribution in [3.63, 3.8) is 0 Å². The fourth-order valence-electron chi connectivity index (χ4n) is 3.76. The summed E-state index contributed by atoms with van der Waals surface area (Å²) in [4.78, 5) is 26.6. The second-order valence-electron chi connectivity index (χ2n) is 7.28. The minimum atomic E-state index is -0.229. The van der Waals surface area contributed by atoms with Gasteiger partial charge in [-0.1, -0.05) is 29.5 Å². The highest BCUT2D eigenvalue weighted by Crippen LogP contribution is 2.20. The van der Waals surface area contributed by atoms with Gasteiger partial charge in [0.05, 0.1) is 24.6 Å². The summed E-state index contributed by atoms with van der Waals surface area (Å²) in [6.45, 7) is 3.84. The number of piperidine rings is 1. The van der Waals surface area contributed by atoms with Gasteiger partial charge in [0, 0.05) is 18.7 Å². The van der Waals surface area contributed by atoms with Crippen molar-refractivity contribution < 1.29 is 14.3 Å². The van der Waals surface area contributed by atoms with Crippen molar-refractivity contribution in [1.29, 1.82) is 0 Å². The van der Waals surface area contributed by atoms with E-state index in [0.717, 1.165) is 29.4 Å². The van der Waals surface area contributed by atoms with E-state index in [4.69, 9.17) is 4.74 Å². The molecule has 0 saturated carbocycles. The van der Waals surface area contributed by atoms with Crippen LogP contribution >= 0.6 is 0 Å². The second-order valence-corrected chi connectivity index (χ2v) is 7.28. The lowest BCUT2D eigenvalue weighted by Crippen LogP contribution is -2.42. The summed E-state index contributed by atoms with van der Waals surface area (Å²) < 4.78 is 6.97. The molecule has 0 bridgehead atoms. The maximum atomic E-state index is 12.9. The molecule has 0 radical (unpaired) electrons. The van der Waals surface area contributed by atoms with Crippen LogP contribution in [0.5, 0.6) is 0 Å². The monoisotopic (exact) mass is 392 g/mol. The van der Waals surface area contributed by atoms with Crippen LogP contribution in [0.15, 0.2) is 48.5 Å². The molecule has 1 fully saturated rings. The molecule has 2 heterocycles. The molecule has 0 spiro atoms. The molecule has 7 nitrogen and oxygen atoms in total. The van der Waals surface area contributed by atoms with E-state index in [1.165, 1.54) is 0 Å². The highest BCUT2D eigenvalue weighted by Gasteiger charge is 2.29.